The minimum atomic E-state index is -0.294. The topological polar surface area (TPSA) is 65.1 Å². The van der Waals surface area contributed by atoms with Crippen LogP contribution in [0, 0.1) is 13.8 Å². The van der Waals surface area contributed by atoms with Crippen molar-refractivity contribution in [2.24, 2.45) is 0 Å². The molecule has 0 atom stereocenters. The van der Waals surface area contributed by atoms with Crippen LogP contribution in [0.1, 0.15) is 16.0 Å². The van der Waals surface area contributed by atoms with Gasteiger partial charge in [-0.15, -0.1) is 16.4 Å². The van der Waals surface area contributed by atoms with Gasteiger partial charge in [0.05, 0.1) is 11.9 Å². The molecule has 0 aliphatic carbocycles. The van der Waals surface area contributed by atoms with Crippen molar-refractivity contribution < 1.29 is 0 Å². The average Bonchev–Trinajstić information content (AvgIpc) is 3.30. The van der Waals surface area contributed by atoms with E-state index in [1.54, 1.807) is 46.5 Å². The molecule has 0 bridgehead atoms. The normalized spacial score (nSPS) is 11.6. The highest BCUT2D eigenvalue weighted by molar-refractivity contribution is 7.19. The van der Waals surface area contributed by atoms with Crippen LogP contribution in [0.15, 0.2) is 47.5 Å². The molecule has 0 fully saturated rings. The highest BCUT2D eigenvalue weighted by Crippen LogP contribution is 2.34. The second kappa shape index (κ2) is 7.19. The predicted molar refractivity (Wildman–Crippen MR) is 121 cm³/mol. The summed E-state index contributed by atoms with van der Waals surface area (Å²) in [5, 5.41) is 6.44. The molecule has 30 heavy (non-hydrogen) atoms. The number of rotatable bonds is 3. The predicted octanol–water partition coefficient (Wildman–Crippen LogP) is 5.14. The smallest absolute Gasteiger partial charge is 0.278 e. The molecule has 0 aliphatic heterocycles. The van der Waals surface area contributed by atoms with E-state index in [0.717, 1.165) is 26.2 Å². The van der Waals surface area contributed by atoms with Crippen molar-refractivity contribution in [2.75, 3.05) is 0 Å². The maximum atomic E-state index is 13.5. The van der Waals surface area contributed by atoms with Gasteiger partial charge in [0.25, 0.3) is 0 Å². The van der Waals surface area contributed by atoms with E-state index in [1.165, 1.54) is 4.52 Å². The molecule has 1 aromatic carbocycles. The number of aromatic nitrogens is 5. The second-order valence-electron chi connectivity index (χ2n) is 6.94. The third-order valence-corrected chi connectivity index (χ3v) is 7.09. The minimum absolute atomic E-state index is 0.241. The van der Waals surface area contributed by atoms with Crippen LogP contribution in [-0.4, -0.2) is 24.1 Å². The number of benzene rings is 1. The van der Waals surface area contributed by atoms with Gasteiger partial charge in [0.2, 0.25) is 0 Å². The summed E-state index contributed by atoms with van der Waals surface area (Å²) in [4.78, 5) is 24.2. The lowest BCUT2D eigenvalue weighted by molar-refractivity contribution is 0.720. The first-order valence-electron chi connectivity index (χ1n) is 9.18. The van der Waals surface area contributed by atoms with Crippen molar-refractivity contribution in [1.82, 2.24) is 24.1 Å². The SMILES string of the molecule is Cc1sc2c(c1C)c1nc(-c3cccnc3)nn1c(=O)n2Cc1c(Cl)cccc1Cl. The molecule has 150 valence electrons. The van der Waals surface area contributed by atoms with Gasteiger partial charge in [-0.1, -0.05) is 29.3 Å². The Balaban J connectivity index is 1.84. The molecule has 0 unspecified atom stereocenters. The second-order valence-corrected chi connectivity index (χ2v) is 8.96. The standard InChI is InChI=1S/C21H15Cl2N5OS/c1-11-12(2)30-20-17(11)19-25-18(13-5-4-8-24-9-13)26-28(19)21(29)27(20)10-14-15(22)6-3-7-16(14)23/h3-9H,10H2,1-2H3. The third kappa shape index (κ3) is 2.93. The zero-order valence-electron chi connectivity index (χ0n) is 16.1. The molecule has 0 spiro atoms. The summed E-state index contributed by atoms with van der Waals surface area (Å²) in [6, 6.07) is 9.00. The molecule has 0 aliphatic rings. The quantitative estimate of drug-likeness (QED) is 0.377. The molecular weight excluding hydrogens is 441 g/mol. The molecule has 5 rings (SSSR count). The zero-order chi connectivity index (χ0) is 21.0. The van der Waals surface area contributed by atoms with Gasteiger partial charge in [-0.05, 0) is 43.7 Å². The summed E-state index contributed by atoms with van der Waals surface area (Å²) < 4.78 is 3.02. The van der Waals surface area contributed by atoms with Crippen molar-refractivity contribution in [2.45, 2.75) is 20.4 Å². The van der Waals surface area contributed by atoms with Crippen LogP contribution in [0.5, 0.6) is 0 Å². The Morgan fingerprint density at radius 1 is 1.10 bits per heavy atom. The Morgan fingerprint density at radius 2 is 1.87 bits per heavy atom. The molecule has 0 radical (unpaired) electrons. The number of aryl methyl sites for hydroxylation is 2. The molecular formula is C21H15Cl2N5OS. The zero-order valence-corrected chi connectivity index (χ0v) is 18.4. The molecule has 0 amide bonds. The highest BCUT2D eigenvalue weighted by atomic mass is 35.5. The fourth-order valence-corrected chi connectivity index (χ4v) is 5.13. The maximum absolute atomic E-state index is 13.5. The lowest BCUT2D eigenvalue weighted by Crippen LogP contribution is -2.28. The fourth-order valence-electron chi connectivity index (χ4n) is 3.47. The van der Waals surface area contributed by atoms with E-state index < -0.39 is 0 Å². The third-order valence-electron chi connectivity index (χ3n) is 5.15. The Morgan fingerprint density at radius 3 is 2.57 bits per heavy atom. The van der Waals surface area contributed by atoms with Crippen molar-refractivity contribution in [3.8, 4) is 11.4 Å². The highest BCUT2D eigenvalue weighted by Gasteiger charge is 2.21. The lowest BCUT2D eigenvalue weighted by atomic mass is 10.2. The van der Waals surface area contributed by atoms with E-state index in [0.29, 0.717) is 27.1 Å². The van der Waals surface area contributed by atoms with Crippen molar-refractivity contribution in [3.63, 3.8) is 0 Å². The van der Waals surface area contributed by atoms with Crippen LogP contribution in [0.3, 0.4) is 0 Å². The van der Waals surface area contributed by atoms with Gasteiger partial charge < -0.3 is 0 Å². The largest absolute Gasteiger partial charge is 0.352 e. The van der Waals surface area contributed by atoms with Crippen LogP contribution >= 0.6 is 34.5 Å². The first-order valence-corrected chi connectivity index (χ1v) is 10.8. The monoisotopic (exact) mass is 455 g/mol. The number of halogens is 2. The molecule has 0 N–H and O–H groups in total. The van der Waals surface area contributed by atoms with E-state index >= 15 is 0 Å². The number of hydrogen-bond donors (Lipinski definition) is 0. The van der Waals surface area contributed by atoms with Crippen LogP contribution in [-0.2, 0) is 6.54 Å². The minimum Gasteiger partial charge on any atom is -0.278 e. The van der Waals surface area contributed by atoms with E-state index in [9.17, 15) is 4.79 Å². The van der Waals surface area contributed by atoms with E-state index in [2.05, 4.69) is 15.1 Å². The van der Waals surface area contributed by atoms with Gasteiger partial charge in [0.15, 0.2) is 11.5 Å². The van der Waals surface area contributed by atoms with Crippen LogP contribution in [0.25, 0.3) is 27.3 Å². The van der Waals surface area contributed by atoms with Gasteiger partial charge in [0.1, 0.15) is 4.83 Å². The van der Waals surface area contributed by atoms with Gasteiger partial charge in [-0.2, -0.15) is 4.52 Å². The van der Waals surface area contributed by atoms with E-state index in [1.807, 2.05) is 26.0 Å². The number of thiophene rings is 1. The van der Waals surface area contributed by atoms with Crippen LogP contribution in [0.4, 0.5) is 0 Å². The maximum Gasteiger partial charge on any atom is 0.352 e. The van der Waals surface area contributed by atoms with Crippen molar-refractivity contribution in [1.29, 1.82) is 0 Å². The van der Waals surface area contributed by atoms with E-state index in [4.69, 9.17) is 23.2 Å². The number of pyridine rings is 1. The van der Waals surface area contributed by atoms with Gasteiger partial charge in [-0.25, -0.2) is 9.78 Å². The first-order chi connectivity index (χ1) is 14.5. The molecule has 0 saturated heterocycles. The number of fused-ring (bicyclic) bond motifs is 3. The van der Waals surface area contributed by atoms with Crippen LogP contribution < -0.4 is 5.69 Å². The van der Waals surface area contributed by atoms with Crippen molar-refractivity contribution >= 4 is 50.4 Å². The fraction of sp³-hybridized carbons (Fsp3) is 0.143. The van der Waals surface area contributed by atoms with E-state index in [-0.39, 0.29) is 12.2 Å². The molecule has 4 aromatic heterocycles. The van der Waals surface area contributed by atoms with Crippen LogP contribution in [0.2, 0.25) is 10.0 Å². The van der Waals surface area contributed by atoms with Gasteiger partial charge in [0, 0.05) is 38.4 Å². The van der Waals surface area contributed by atoms with Crippen molar-refractivity contribution in [3.05, 3.63) is 79.3 Å². The Hall–Kier alpha value is -2.74. The van der Waals surface area contributed by atoms with Gasteiger partial charge in [-0.3, -0.25) is 9.55 Å². The molecule has 5 aromatic rings. The Bertz CT molecular complexity index is 1470. The summed E-state index contributed by atoms with van der Waals surface area (Å²) in [6.07, 6.45) is 3.37. The number of nitrogens with zero attached hydrogens (tertiary/aromatic N) is 5. The lowest BCUT2D eigenvalue weighted by Gasteiger charge is -2.11. The summed E-state index contributed by atoms with van der Waals surface area (Å²) in [6.45, 7) is 4.31. The average molecular weight is 456 g/mol. The molecule has 4 heterocycles. The summed E-state index contributed by atoms with van der Waals surface area (Å²) in [5.41, 5.74) is 2.76. The molecule has 9 heteroatoms. The number of hydrogen-bond acceptors (Lipinski definition) is 5. The molecule has 6 nitrogen and oxygen atoms in total. The molecule has 0 saturated carbocycles. The first kappa shape index (κ1) is 19.2. The van der Waals surface area contributed by atoms with Gasteiger partial charge >= 0.3 is 5.69 Å². The summed E-state index contributed by atoms with van der Waals surface area (Å²) >= 11 is 14.3. The summed E-state index contributed by atoms with van der Waals surface area (Å²) in [5.74, 6) is 0.457. The Kier molecular flexibility index (Phi) is 4.61. The Labute approximate surface area is 185 Å². The summed E-state index contributed by atoms with van der Waals surface area (Å²) in [7, 11) is 0.